The predicted molar refractivity (Wildman–Crippen MR) is 179 cm³/mol. The number of pyridine rings is 1. The molecule has 4 bridgehead atoms. The highest BCUT2D eigenvalue weighted by Gasteiger charge is 2.34. The number of nitrogens with zero attached hydrogens (tertiary/aromatic N) is 8. The molecule has 0 unspecified atom stereocenters. The van der Waals surface area contributed by atoms with E-state index in [2.05, 4.69) is 27.2 Å². The van der Waals surface area contributed by atoms with E-state index in [0.717, 1.165) is 5.56 Å². The molecule has 2 aromatic carbocycles. The van der Waals surface area contributed by atoms with E-state index in [9.17, 15) is 9.59 Å². The number of benzene rings is 2. The number of amides is 1. The number of anilines is 2. The summed E-state index contributed by atoms with van der Waals surface area (Å²) in [6.07, 6.45) is 3.02. The molecule has 1 saturated heterocycles. The molecule has 48 heavy (non-hydrogen) atoms. The van der Waals surface area contributed by atoms with Crippen molar-refractivity contribution in [2.75, 3.05) is 23.3 Å². The van der Waals surface area contributed by atoms with Gasteiger partial charge in [0, 0.05) is 30.7 Å². The summed E-state index contributed by atoms with van der Waals surface area (Å²) in [5.41, 5.74) is 2.24. The van der Waals surface area contributed by atoms with Crippen molar-refractivity contribution in [2.24, 2.45) is 0 Å². The SMILES string of the molecule is C=CC(=O)N1C[C@H](C)N(c2nc(=O)n3c4nc(c(F)cc24)-c2c(F)cccc2Cn2cc(nn2)CNc2cccc(C(C)C)c2-3)C[C@H]1C. The molecule has 2 atom stereocenters. The van der Waals surface area contributed by atoms with Crippen LogP contribution in [0.15, 0.2) is 66.1 Å². The summed E-state index contributed by atoms with van der Waals surface area (Å²) >= 11 is 0. The number of piperazine rings is 1. The van der Waals surface area contributed by atoms with Crippen LogP contribution in [0.5, 0.6) is 0 Å². The molecule has 7 rings (SSSR count). The third-order valence-electron chi connectivity index (χ3n) is 9.15. The molecule has 3 aromatic heterocycles. The number of hydrogen-bond acceptors (Lipinski definition) is 8. The van der Waals surface area contributed by atoms with Crippen LogP contribution in [0.2, 0.25) is 0 Å². The standard InChI is InChI=1S/C35H35F2N9O2/c1-6-29(47)44-15-21(5)45(16-20(44)4)33-25-13-27(37)31-30-22(9-7-11-26(30)36)17-43-18-23(41-42-43)14-38-28-12-8-10-24(19(2)3)32(28)46(34(25)39-31)35(48)40-33/h6-13,18-21,38H,1,14-17H2,2-5H3/t20-,21+/m1/s1. The van der Waals surface area contributed by atoms with Crippen LogP contribution in [0.4, 0.5) is 20.3 Å². The molecule has 11 nitrogen and oxygen atoms in total. The second kappa shape index (κ2) is 12.0. The zero-order valence-corrected chi connectivity index (χ0v) is 27.1. The van der Waals surface area contributed by atoms with Crippen molar-refractivity contribution in [2.45, 2.75) is 58.8 Å². The molecule has 1 N–H and O–H groups in total. The molecule has 2 aliphatic rings. The Bertz CT molecular complexity index is 2160. The number of halogens is 2. The molecule has 1 amide bonds. The van der Waals surface area contributed by atoms with Gasteiger partial charge in [-0.2, -0.15) is 4.98 Å². The molecular weight excluding hydrogens is 616 g/mol. The lowest BCUT2D eigenvalue weighted by Gasteiger charge is -2.44. The fourth-order valence-electron chi connectivity index (χ4n) is 6.79. The minimum atomic E-state index is -0.773. The number of carbonyl (C=O) groups is 1. The molecule has 5 aromatic rings. The van der Waals surface area contributed by atoms with E-state index < -0.39 is 17.3 Å². The molecule has 0 aliphatic carbocycles. The molecule has 5 heterocycles. The van der Waals surface area contributed by atoms with Gasteiger partial charge in [-0.25, -0.2) is 27.8 Å². The molecule has 0 spiro atoms. The molecule has 1 fully saturated rings. The van der Waals surface area contributed by atoms with E-state index >= 15 is 8.78 Å². The predicted octanol–water partition coefficient (Wildman–Crippen LogP) is 5.03. The number of aromatic nitrogens is 6. The average Bonchev–Trinajstić information content (AvgIpc) is 3.51. The topological polar surface area (TPSA) is 114 Å². The number of carbonyl (C=O) groups excluding carboxylic acids is 1. The first-order valence-electron chi connectivity index (χ1n) is 15.9. The van der Waals surface area contributed by atoms with Crippen molar-refractivity contribution in [1.82, 2.24) is 34.4 Å². The number of nitrogens with one attached hydrogen (secondary N) is 1. The fraction of sp³-hybridized carbons (Fsp3) is 0.314. The van der Waals surface area contributed by atoms with Crippen molar-refractivity contribution in [1.29, 1.82) is 0 Å². The maximum Gasteiger partial charge on any atom is 0.355 e. The fourth-order valence-corrected chi connectivity index (χ4v) is 6.79. The Morgan fingerprint density at radius 1 is 1.06 bits per heavy atom. The van der Waals surface area contributed by atoms with Gasteiger partial charge in [0.15, 0.2) is 5.65 Å². The zero-order valence-electron chi connectivity index (χ0n) is 27.1. The maximum absolute atomic E-state index is 16.5. The third-order valence-corrected chi connectivity index (χ3v) is 9.15. The maximum atomic E-state index is 16.5. The van der Waals surface area contributed by atoms with E-state index in [1.807, 2.05) is 50.8 Å². The minimum absolute atomic E-state index is 0.0300. The second-order valence-corrected chi connectivity index (χ2v) is 12.7. The third kappa shape index (κ3) is 5.19. The highest BCUT2D eigenvalue weighted by molar-refractivity contribution is 5.92. The van der Waals surface area contributed by atoms with Crippen LogP contribution >= 0.6 is 0 Å². The monoisotopic (exact) mass is 651 g/mol. The van der Waals surface area contributed by atoms with Crippen molar-refractivity contribution in [3.05, 3.63) is 100 Å². The van der Waals surface area contributed by atoms with Crippen LogP contribution in [0.3, 0.4) is 0 Å². The van der Waals surface area contributed by atoms with Gasteiger partial charge in [0.1, 0.15) is 28.8 Å². The van der Waals surface area contributed by atoms with Gasteiger partial charge in [0.05, 0.1) is 36.0 Å². The molecule has 0 saturated carbocycles. The summed E-state index contributed by atoms with van der Waals surface area (Å²) in [6, 6.07) is 10.9. The Hall–Kier alpha value is -5.46. The quantitative estimate of drug-likeness (QED) is 0.271. The Morgan fingerprint density at radius 3 is 2.62 bits per heavy atom. The average molecular weight is 652 g/mol. The van der Waals surface area contributed by atoms with Gasteiger partial charge in [-0.15, -0.1) is 5.10 Å². The van der Waals surface area contributed by atoms with Crippen molar-refractivity contribution in [3.63, 3.8) is 0 Å². The van der Waals surface area contributed by atoms with Gasteiger partial charge < -0.3 is 15.1 Å². The van der Waals surface area contributed by atoms with E-state index in [0.29, 0.717) is 42.3 Å². The lowest BCUT2D eigenvalue weighted by molar-refractivity contribution is -0.128. The first-order valence-corrected chi connectivity index (χ1v) is 15.9. The Labute approximate surface area is 275 Å². The van der Waals surface area contributed by atoms with Crippen LogP contribution in [0.1, 0.15) is 50.4 Å². The smallest absolute Gasteiger partial charge is 0.355 e. The first kappa shape index (κ1) is 31.2. The Balaban J connectivity index is 1.56. The summed E-state index contributed by atoms with van der Waals surface area (Å²) in [6.45, 7) is 12.6. The van der Waals surface area contributed by atoms with Crippen molar-refractivity contribution < 1.29 is 13.6 Å². The first-order chi connectivity index (χ1) is 23.0. The highest BCUT2D eigenvalue weighted by atomic mass is 19.1. The summed E-state index contributed by atoms with van der Waals surface area (Å²) in [7, 11) is 0. The molecule has 0 radical (unpaired) electrons. The zero-order chi connectivity index (χ0) is 33.9. The number of rotatable bonds is 3. The van der Waals surface area contributed by atoms with Crippen LogP contribution in [0, 0.1) is 11.6 Å². The Morgan fingerprint density at radius 2 is 1.85 bits per heavy atom. The van der Waals surface area contributed by atoms with Crippen LogP contribution in [-0.2, 0) is 17.9 Å². The minimum Gasteiger partial charge on any atom is -0.378 e. The number of hydrogen-bond donors (Lipinski definition) is 1. The van der Waals surface area contributed by atoms with Crippen molar-refractivity contribution in [3.8, 4) is 16.9 Å². The van der Waals surface area contributed by atoms with Gasteiger partial charge >= 0.3 is 5.69 Å². The van der Waals surface area contributed by atoms with E-state index in [-0.39, 0.29) is 58.6 Å². The van der Waals surface area contributed by atoms with Crippen LogP contribution < -0.4 is 15.9 Å². The second-order valence-electron chi connectivity index (χ2n) is 12.7. The highest BCUT2D eigenvalue weighted by Crippen LogP contribution is 2.37. The summed E-state index contributed by atoms with van der Waals surface area (Å²) in [5.74, 6) is -1.42. The molecule has 246 valence electrons. The summed E-state index contributed by atoms with van der Waals surface area (Å²) in [4.78, 5) is 40.0. The Kier molecular flexibility index (Phi) is 7.77. The van der Waals surface area contributed by atoms with Gasteiger partial charge in [-0.3, -0.25) is 4.79 Å². The van der Waals surface area contributed by atoms with Crippen molar-refractivity contribution >= 4 is 28.4 Å². The number of para-hydroxylation sites is 1. The lowest BCUT2D eigenvalue weighted by Crippen LogP contribution is -2.58. The van der Waals surface area contributed by atoms with E-state index in [4.69, 9.17) is 4.98 Å². The van der Waals surface area contributed by atoms with Crippen LogP contribution in [-0.4, -0.2) is 65.5 Å². The summed E-state index contributed by atoms with van der Waals surface area (Å²) < 4.78 is 35.2. The normalized spacial score (nSPS) is 17.6. The lowest BCUT2D eigenvalue weighted by atomic mass is 9.99. The molecule has 13 heteroatoms. The largest absolute Gasteiger partial charge is 0.378 e. The van der Waals surface area contributed by atoms with E-state index in [1.165, 1.54) is 22.8 Å². The molecule has 2 aliphatic heterocycles. The molecular formula is C35H35F2N9O2. The summed E-state index contributed by atoms with van der Waals surface area (Å²) in [5, 5.41) is 12.2. The van der Waals surface area contributed by atoms with Gasteiger partial charge in [-0.1, -0.05) is 49.9 Å². The van der Waals surface area contributed by atoms with E-state index in [1.54, 1.807) is 27.9 Å². The van der Waals surface area contributed by atoms with Crippen LogP contribution in [0.25, 0.3) is 28.0 Å². The van der Waals surface area contributed by atoms with Gasteiger partial charge in [0.25, 0.3) is 0 Å². The van der Waals surface area contributed by atoms with Gasteiger partial charge in [0.2, 0.25) is 5.91 Å². The van der Waals surface area contributed by atoms with Gasteiger partial charge in [-0.05, 0) is 55.2 Å². The number of fused-ring (bicyclic) bond motifs is 7.